The molecular formula is C50H48N2O12. The second kappa shape index (κ2) is 20.9. The minimum Gasteiger partial charge on any atom is -0.490 e. The molecule has 2 aliphatic heterocycles. The molecule has 0 unspecified atom stereocenters. The molecule has 2 aliphatic carbocycles. The van der Waals surface area contributed by atoms with Gasteiger partial charge in [-0.1, -0.05) is 48.5 Å². The molecule has 14 nitrogen and oxygen atoms in total. The van der Waals surface area contributed by atoms with Crippen molar-refractivity contribution in [3.8, 4) is 23.0 Å². The van der Waals surface area contributed by atoms with Gasteiger partial charge in [-0.3, -0.25) is 9.59 Å². The molecule has 0 aromatic heterocycles. The quantitative estimate of drug-likeness (QED) is 0.181. The fraction of sp³-hybridized carbons (Fsp3) is 0.320. The van der Waals surface area contributed by atoms with Gasteiger partial charge in [-0.2, -0.15) is 0 Å². The lowest BCUT2D eigenvalue weighted by Crippen LogP contribution is -2.24. The molecule has 0 fully saturated rings. The van der Waals surface area contributed by atoms with Gasteiger partial charge in [0.05, 0.1) is 124 Å². The zero-order valence-electron chi connectivity index (χ0n) is 35.3. The molecule has 330 valence electrons. The number of hydrogen-bond donors (Lipinski definition) is 0. The maximum atomic E-state index is 14.5. The van der Waals surface area contributed by atoms with Crippen LogP contribution in [0.25, 0.3) is 0 Å². The minimum atomic E-state index is -0.219. The number of rotatable bonds is 2. The number of ketones is 2. The predicted octanol–water partition coefficient (Wildman–Crippen LogP) is 6.76. The van der Waals surface area contributed by atoms with Crippen molar-refractivity contribution in [3.05, 3.63) is 142 Å². The normalized spacial score (nSPS) is 17.8. The van der Waals surface area contributed by atoms with Crippen LogP contribution in [0.1, 0.15) is 54.1 Å². The summed E-state index contributed by atoms with van der Waals surface area (Å²) in [5.74, 6) is 1.27. The largest absolute Gasteiger partial charge is 0.490 e. The van der Waals surface area contributed by atoms with Crippen LogP contribution in [0.2, 0.25) is 0 Å². The Morgan fingerprint density at radius 3 is 0.781 bits per heavy atom. The number of hydrogen-bond acceptors (Lipinski definition) is 14. The van der Waals surface area contributed by atoms with Crippen molar-refractivity contribution in [3.63, 3.8) is 0 Å². The molecular weight excluding hydrogens is 821 g/mol. The molecule has 4 aliphatic rings. The van der Waals surface area contributed by atoms with Gasteiger partial charge in [0.15, 0.2) is 0 Å². The first-order valence-electron chi connectivity index (χ1n) is 21.5. The Morgan fingerprint density at radius 2 is 0.531 bits per heavy atom. The fourth-order valence-corrected chi connectivity index (χ4v) is 7.90. The molecule has 9 rings (SSSR count). The van der Waals surface area contributed by atoms with E-state index < -0.39 is 0 Å². The maximum Gasteiger partial charge on any atom is 0.201 e. The van der Waals surface area contributed by atoms with Crippen molar-refractivity contribution in [2.24, 2.45) is 9.98 Å². The molecule has 0 saturated carbocycles. The third-order valence-electron chi connectivity index (χ3n) is 10.8. The molecule has 14 heteroatoms. The summed E-state index contributed by atoms with van der Waals surface area (Å²) in [6.07, 6.45) is 0. The van der Waals surface area contributed by atoms with Crippen molar-refractivity contribution in [2.75, 3.05) is 106 Å². The molecule has 0 radical (unpaired) electrons. The van der Waals surface area contributed by atoms with E-state index in [9.17, 15) is 9.59 Å². The summed E-state index contributed by atoms with van der Waals surface area (Å²) in [5.41, 5.74) is 6.56. The molecule has 5 aromatic rings. The van der Waals surface area contributed by atoms with Gasteiger partial charge in [0.2, 0.25) is 11.6 Å². The van der Waals surface area contributed by atoms with E-state index in [0.717, 1.165) is 0 Å². The molecule has 2 heterocycles. The Hall–Kier alpha value is -6.26. The van der Waals surface area contributed by atoms with Crippen molar-refractivity contribution >= 4 is 34.4 Å². The Balaban J connectivity index is 1.08. The van der Waals surface area contributed by atoms with Crippen LogP contribution in [-0.2, 0) is 28.4 Å². The van der Waals surface area contributed by atoms with Crippen LogP contribution in [-0.4, -0.2) is 129 Å². The molecule has 5 aromatic carbocycles. The summed E-state index contributed by atoms with van der Waals surface area (Å²) in [5, 5.41) is 0. The van der Waals surface area contributed by atoms with Crippen molar-refractivity contribution in [2.45, 2.75) is 0 Å². The first-order valence-corrected chi connectivity index (χ1v) is 21.5. The van der Waals surface area contributed by atoms with E-state index in [-0.39, 0.29) is 38.0 Å². The van der Waals surface area contributed by atoms with Crippen LogP contribution >= 0.6 is 0 Å². The number of nitrogens with zero attached hydrogens (tertiary/aromatic N) is 2. The molecule has 0 N–H and O–H groups in total. The SMILES string of the molecule is O=C1c2c3cccc2C(=Nc2ccc(N=C4c5cccc6c5C(=O)c5c(cccc54)OCCOCCOCCOCCO6)cc2)c2cccc(c21)OCCOCCOCCOCCO3. The number of carbonyl (C=O) groups is 2. The highest BCUT2D eigenvalue weighted by atomic mass is 16.6. The minimum absolute atomic E-state index is 0.219. The van der Waals surface area contributed by atoms with Crippen LogP contribution in [0.15, 0.2) is 107 Å². The van der Waals surface area contributed by atoms with E-state index in [1.165, 1.54) is 0 Å². The lowest BCUT2D eigenvalue weighted by atomic mass is 9.82. The standard InChI is InChI=1S/C50H48N2O12/c53-49-43-35-5-1-9-39(43)61-29-25-57-21-17-55-18-22-58-26-30-62-40-10-2-6-36(44(40)49)47(35)51-33-13-15-34(16-14-33)52-48-37-7-3-11-41-45(37)50(54)46-38(48)8-4-12-42(46)64-32-28-60-24-20-56-19-23-59-27-31-63-41/h1-16H,17-32H2. The molecule has 64 heavy (non-hydrogen) atoms. The summed E-state index contributed by atoms with van der Waals surface area (Å²) >= 11 is 0. The summed E-state index contributed by atoms with van der Waals surface area (Å²) in [6.45, 7) is 5.59. The zero-order valence-corrected chi connectivity index (χ0v) is 35.3. The van der Waals surface area contributed by atoms with Crippen molar-refractivity contribution in [1.29, 1.82) is 0 Å². The van der Waals surface area contributed by atoms with Crippen LogP contribution in [0, 0.1) is 0 Å². The van der Waals surface area contributed by atoms with Gasteiger partial charge in [-0.05, 0) is 48.5 Å². The van der Waals surface area contributed by atoms with E-state index in [1.807, 2.05) is 72.8 Å². The van der Waals surface area contributed by atoms with Gasteiger partial charge < -0.3 is 47.4 Å². The van der Waals surface area contributed by atoms with Gasteiger partial charge in [0.1, 0.15) is 49.4 Å². The smallest absolute Gasteiger partial charge is 0.201 e. The fourth-order valence-electron chi connectivity index (χ4n) is 7.90. The van der Waals surface area contributed by atoms with Crippen LogP contribution in [0.4, 0.5) is 11.4 Å². The van der Waals surface area contributed by atoms with Crippen molar-refractivity contribution in [1.82, 2.24) is 0 Å². The monoisotopic (exact) mass is 868 g/mol. The number of ether oxygens (including phenoxy) is 10. The maximum absolute atomic E-state index is 14.5. The Kier molecular flexibility index (Phi) is 14.1. The number of aliphatic imine (C=N–C) groups is 2. The summed E-state index contributed by atoms with van der Waals surface area (Å²) in [7, 11) is 0. The first kappa shape index (κ1) is 43.0. The van der Waals surface area contributed by atoms with E-state index in [4.69, 9.17) is 57.4 Å². The summed E-state index contributed by atoms with van der Waals surface area (Å²) in [6, 6.07) is 29.6. The van der Waals surface area contributed by atoms with Crippen molar-refractivity contribution < 1.29 is 57.0 Å². The highest BCUT2D eigenvalue weighted by Crippen LogP contribution is 2.41. The topological polar surface area (TPSA) is 151 Å². The second-order valence-corrected chi connectivity index (χ2v) is 14.9. The van der Waals surface area contributed by atoms with Crippen LogP contribution in [0.5, 0.6) is 23.0 Å². The Morgan fingerprint density at radius 1 is 0.297 bits per heavy atom. The van der Waals surface area contributed by atoms with Gasteiger partial charge in [0, 0.05) is 22.3 Å². The van der Waals surface area contributed by atoms with Crippen LogP contribution < -0.4 is 18.9 Å². The average molecular weight is 869 g/mol. The molecule has 0 spiro atoms. The lowest BCUT2D eigenvalue weighted by Gasteiger charge is -2.25. The predicted molar refractivity (Wildman–Crippen MR) is 237 cm³/mol. The highest BCUT2D eigenvalue weighted by Gasteiger charge is 2.35. The highest BCUT2D eigenvalue weighted by molar-refractivity contribution is 6.33. The Labute approximate surface area is 370 Å². The molecule has 0 amide bonds. The summed E-state index contributed by atoms with van der Waals surface area (Å²) in [4.78, 5) is 39.3. The van der Waals surface area contributed by atoms with E-state index >= 15 is 0 Å². The zero-order chi connectivity index (χ0) is 43.5. The summed E-state index contributed by atoms with van der Waals surface area (Å²) < 4.78 is 58.7. The number of benzene rings is 5. The van der Waals surface area contributed by atoms with E-state index in [1.54, 1.807) is 24.3 Å². The van der Waals surface area contributed by atoms with Gasteiger partial charge in [-0.25, -0.2) is 9.98 Å². The van der Waals surface area contributed by atoms with Gasteiger partial charge in [-0.15, -0.1) is 0 Å². The van der Waals surface area contributed by atoms with Gasteiger partial charge in [0.25, 0.3) is 0 Å². The Bertz CT molecular complexity index is 2220. The average Bonchev–Trinajstić information content (AvgIpc) is 3.31. The first-order chi connectivity index (χ1) is 31.7. The van der Waals surface area contributed by atoms with E-state index in [0.29, 0.717) is 170 Å². The number of carbonyl (C=O) groups excluding carboxylic acids is 2. The van der Waals surface area contributed by atoms with E-state index in [2.05, 4.69) is 0 Å². The molecule has 4 bridgehead atoms. The second-order valence-electron chi connectivity index (χ2n) is 14.9. The molecule has 0 atom stereocenters. The third-order valence-corrected chi connectivity index (χ3v) is 10.8. The molecule has 0 saturated heterocycles. The lowest BCUT2D eigenvalue weighted by molar-refractivity contribution is 0.00483. The van der Waals surface area contributed by atoms with Crippen LogP contribution in [0.3, 0.4) is 0 Å². The third kappa shape index (κ3) is 9.62. The van der Waals surface area contributed by atoms with Gasteiger partial charge >= 0.3 is 0 Å².